The first-order valence-corrected chi connectivity index (χ1v) is 7.43. The second-order valence-corrected chi connectivity index (χ2v) is 7.77. The molecule has 9 heteroatoms. The van der Waals surface area contributed by atoms with Gasteiger partial charge < -0.3 is 5.73 Å². The Kier molecular flexibility index (Phi) is 4.50. The maximum absolute atomic E-state index is 11.6. The zero-order valence-electron chi connectivity index (χ0n) is 7.16. The Hall–Kier alpha value is 0.270. The molecule has 1 rings (SSSR count). The average molecular weight is 350 g/mol. The molecule has 4 nitrogen and oxygen atoms in total. The van der Waals surface area contributed by atoms with Crippen molar-refractivity contribution in [2.75, 3.05) is 6.54 Å². The molecule has 0 spiro atoms. The van der Waals surface area contributed by atoms with Gasteiger partial charge in [-0.05, 0) is 22.0 Å². The molecule has 15 heavy (non-hydrogen) atoms. The van der Waals surface area contributed by atoms with Gasteiger partial charge in [0, 0.05) is 0 Å². The van der Waals surface area contributed by atoms with E-state index in [0.717, 1.165) is 11.3 Å². The lowest BCUT2D eigenvalue weighted by atomic mass is 10.7. The van der Waals surface area contributed by atoms with Crippen LogP contribution in [0.1, 0.15) is 0 Å². The number of nitrogens with two attached hydrogens (primary N) is 1. The van der Waals surface area contributed by atoms with Crippen LogP contribution in [0.25, 0.3) is 0 Å². The van der Waals surface area contributed by atoms with Crippen LogP contribution in [-0.4, -0.2) is 20.0 Å². The van der Waals surface area contributed by atoms with E-state index >= 15 is 0 Å². The van der Waals surface area contributed by atoms with Gasteiger partial charge in [0.25, 0.3) is 10.0 Å². The molecule has 3 N–H and O–H groups in total. The first kappa shape index (κ1) is 13.3. The quantitative estimate of drug-likeness (QED) is 0.812. The van der Waals surface area contributed by atoms with Crippen molar-refractivity contribution in [3.05, 3.63) is 14.9 Å². The first-order chi connectivity index (χ1) is 6.83. The summed E-state index contributed by atoms with van der Waals surface area (Å²) in [6, 6.07) is 1.36. The van der Waals surface area contributed by atoms with Crippen molar-refractivity contribution in [1.29, 1.82) is 0 Å². The summed E-state index contributed by atoms with van der Waals surface area (Å²) >= 11 is 14.4. The fourth-order valence-electron chi connectivity index (χ4n) is 0.696. The normalized spacial score (nSPS) is 11.6. The van der Waals surface area contributed by atoms with E-state index in [1.165, 1.54) is 6.07 Å². The van der Waals surface area contributed by atoms with Gasteiger partial charge in [-0.25, -0.2) is 13.1 Å². The third kappa shape index (κ3) is 3.65. The lowest BCUT2D eigenvalue weighted by molar-refractivity contribution is 0.588. The van der Waals surface area contributed by atoms with Crippen molar-refractivity contribution in [2.24, 2.45) is 5.73 Å². The number of nitrogens with one attached hydrogen (secondary N) is 1. The minimum Gasteiger partial charge on any atom is -0.392 e. The molecule has 0 aliphatic heterocycles. The molecule has 84 valence electrons. The van der Waals surface area contributed by atoms with Crippen LogP contribution in [0, 0.1) is 0 Å². The van der Waals surface area contributed by atoms with Crippen molar-refractivity contribution in [3.8, 4) is 0 Å². The highest BCUT2D eigenvalue weighted by Crippen LogP contribution is 2.34. The van der Waals surface area contributed by atoms with Crippen LogP contribution in [0.3, 0.4) is 0 Å². The van der Waals surface area contributed by atoms with Crippen LogP contribution in [0.15, 0.2) is 14.1 Å². The standard InChI is InChI=1S/C6H6BrClN2O2S3/c7-6-3(8)1-5(14-6)15(11,12)10-2-4(9)13/h1,10H,2H2,(H2,9,13). The Morgan fingerprint density at radius 3 is 2.73 bits per heavy atom. The second kappa shape index (κ2) is 5.07. The van der Waals surface area contributed by atoms with Crippen LogP contribution in [0.4, 0.5) is 0 Å². The van der Waals surface area contributed by atoms with Crippen LogP contribution in [0.2, 0.25) is 5.02 Å². The summed E-state index contributed by atoms with van der Waals surface area (Å²) in [5, 5.41) is 0.357. The molecule has 0 atom stereocenters. The van der Waals surface area contributed by atoms with Crippen molar-refractivity contribution in [3.63, 3.8) is 0 Å². The van der Waals surface area contributed by atoms with E-state index in [1.54, 1.807) is 0 Å². The van der Waals surface area contributed by atoms with Gasteiger partial charge >= 0.3 is 0 Å². The van der Waals surface area contributed by atoms with Crippen molar-refractivity contribution in [2.45, 2.75) is 4.21 Å². The summed E-state index contributed by atoms with van der Waals surface area (Å²) in [6.45, 7) is -0.0647. The van der Waals surface area contributed by atoms with Crippen molar-refractivity contribution < 1.29 is 8.42 Å². The third-order valence-corrected chi connectivity index (χ3v) is 5.82. The number of thiocarbonyl (C=S) groups is 1. The third-order valence-electron chi connectivity index (χ3n) is 1.32. The summed E-state index contributed by atoms with van der Waals surface area (Å²) in [6.07, 6.45) is 0. The molecule has 1 aromatic rings. The Labute approximate surface area is 110 Å². The molecule has 1 heterocycles. The highest BCUT2D eigenvalue weighted by Gasteiger charge is 2.18. The Bertz CT molecular complexity index is 465. The summed E-state index contributed by atoms with van der Waals surface area (Å²) in [4.78, 5) is 0.0836. The maximum Gasteiger partial charge on any atom is 0.250 e. The Morgan fingerprint density at radius 1 is 1.73 bits per heavy atom. The smallest absolute Gasteiger partial charge is 0.250 e. The van der Waals surface area contributed by atoms with E-state index in [-0.39, 0.29) is 15.7 Å². The van der Waals surface area contributed by atoms with Crippen molar-refractivity contribution >= 4 is 66.1 Å². The lowest BCUT2D eigenvalue weighted by Crippen LogP contribution is -2.31. The van der Waals surface area contributed by atoms with Crippen LogP contribution >= 0.6 is 51.1 Å². The van der Waals surface area contributed by atoms with Crippen LogP contribution in [-0.2, 0) is 10.0 Å². The summed E-state index contributed by atoms with van der Waals surface area (Å²) in [5.74, 6) is 0. The molecule has 1 aromatic heterocycles. The molecule has 0 aliphatic rings. The molecule has 0 bridgehead atoms. The molecule has 0 aliphatic carbocycles. The molecule has 0 amide bonds. The molecule has 0 saturated heterocycles. The maximum atomic E-state index is 11.6. The SMILES string of the molecule is NC(=S)CNS(=O)(=O)c1cc(Cl)c(Br)s1. The topological polar surface area (TPSA) is 72.2 Å². The second-order valence-electron chi connectivity index (χ2n) is 2.48. The summed E-state index contributed by atoms with van der Waals surface area (Å²) < 4.78 is 26.2. The predicted molar refractivity (Wildman–Crippen MR) is 69.0 cm³/mol. The number of hydrogen-bond donors (Lipinski definition) is 2. The fraction of sp³-hybridized carbons (Fsp3) is 0.167. The van der Waals surface area contributed by atoms with Gasteiger partial charge in [0.05, 0.1) is 20.3 Å². The average Bonchev–Trinajstić information content (AvgIpc) is 2.45. The predicted octanol–water partition coefficient (Wildman–Crippen LogP) is 1.73. The van der Waals surface area contributed by atoms with Crippen LogP contribution in [0.5, 0.6) is 0 Å². The molecule has 0 radical (unpaired) electrons. The van der Waals surface area contributed by atoms with E-state index in [1.807, 2.05) is 0 Å². The molecule has 0 unspecified atom stereocenters. The van der Waals surface area contributed by atoms with Gasteiger partial charge in [0.2, 0.25) is 0 Å². The number of thiophene rings is 1. The minimum atomic E-state index is -3.57. The Morgan fingerprint density at radius 2 is 2.33 bits per heavy atom. The van der Waals surface area contributed by atoms with Gasteiger partial charge in [0.15, 0.2) is 0 Å². The number of sulfonamides is 1. The zero-order valence-corrected chi connectivity index (χ0v) is 12.0. The highest BCUT2D eigenvalue weighted by atomic mass is 79.9. The zero-order chi connectivity index (χ0) is 11.6. The lowest BCUT2D eigenvalue weighted by Gasteiger charge is -2.02. The highest BCUT2D eigenvalue weighted by molar-refractivity contribution is 9.11. The number of hydrogen-bond acceptors (Lipinski definition) is 4. The molecule has 0 fully saturated rings. The molecule has 0 aromatic carbocycles. The molecule has 0 saturated carbocycles. The summed E-state index contributed by atoms with van der Waals surface area (Å²) in [7, 11) is -3.57. The van der Waals surface area contributed by atoms with Gasteiger partial charge in [-0.15, -0.1) is 11.3 Å². The number of halogens is 2. The summed E-state index contributed by atoms with van der Waals surface area (Å²) in [5.41, 5.74) is 5.19. The monoisotopic (exact) mass is 348 g/mol. The van der Waals surface area contributed by atoms with E-state index < -0.39 is 10.0 Å². The number of rotatable bonds is 4. The molecular formula is C6H6BrClN2O2S3. The van der Waals surface area contributed by atoms with Gasteiger partial charge in [-0.1, -0.05) is 23.8 Å². The van der Waals surface area contributed by atoms with E-state index in [9.17, 15) is 8.42 Å². The van der Waals surface area contributed by atoms with Crippen LogP contribution < -0.4 is 10.5 Å². The Balaban J connectivity index is 2.91. The largest absolute Gasteiger partial charge is 0.392 e. The van der Waals surface area contributed by atoms with Gasteiger partial charge in [-0.2, -0.15) is 0 Å². The van der Waals surface area contributed by atoms with E-state index in [4.69, 9.17) is 17.3 Å². The molecular weight excluding hydrogens is 344 g/mol. The van der Waals surface area contributed by atoms with E-state index in [0.29, 0.717) is 8.81 Å². The van der Waals surface area contributed by atoms with Crippen molar-refractivity contribution in [1.82, 2.24) is 4.72 Å². The van der Waals surface area contributed by atoms with E-state index in [2.05, 4.69) is 32.9 Å². The first-order valence-electron chi connectivity index (χ1n) is 3.56. The van der Waals surface area contributed by atoms with Gasteiger partial charge in [-0.3, -0.25) is 0 Å². The van der Waals surface area contributed by atoms with Gasteiger partial charge in [0.1, 0.15) is 4.21 Å². The minimum absolute atomic E-state index is 0.0647. The fourth-order valence-corrected chi connectivity index (χ4v) is 4.31.